The van der Waals surface area contributed by atoms with E-state index >= 15 is 0 Å². The van der Waals surface area contributed by atoms with E-state index in [1.165, 1.54) is 0 Å². The van der Waals surface area contributed by atoms with E-state index in [2.05, 4.69) is 5.32 Å². The van der Waals surface area contributed by atoms with Crippen LogP contribution in [0.1, 0.15) is 31.2 Å². The molecule has 3 amide bonds. The molecule has 4 rings (SSSR count). The van der Waals surface area contributed by atoms with E-state index in [0.717, 1.165) is 36.3 Å². The van der Waals surface area contributed by atoms with Gasteiger partial charge in [0.2, 0.25) is 17.7 Å². The molecule has 2 aliphatic heterocycles. The Kier molecular flexibility index (Phi) is 5.70. The smallest absolute Gasteiger partial charge is 0.228 e. The standard InChI is InChI=1S/C23H25N3O4/c1-30-20-15-17(8-11-19(20)26-13-3-5-23(26)29)24-21(27)14-16-6-9-18(10-7-16)25-12-2-4-22(25)28/h6-11,15H,2-5,12-14H2,1H3,(H,24,27). The molecule has 156 valence electrons. The number of amides is 3. The van der Waals surface area contributed by atoms with Crippen molar-refractivity contribution in [3.05, 3.63) is 48.0 Å². The Morgan fingerprint density at radius 2 is 1.63 bits per heavy atom. The van der Waals surface area contributed by atoms with E-state index in [-0.39, 0.29) is 24.1 Å². The lowest BCUT2D eigenvalue weighted by Gasteiger charge is -2.19. The molecule has 0 atom stereocenters. The molecule has 0 bridgehead atoms. The highest BCUT2D eigenvalue weighted by Gasteiger charge is 2.25. The van der Waals surface area contributed by atoms with Crippen LogP contribution in [-0.2, 0) is 20.8 Å². The van der Waals surface area contributed by atoms with Crippen LogP contribution in [0.2, 0.25) is 0 Å². The Labute approximate surface area is 175 Å². The number of nitrogens with one attached hydrogen (secondary N) is 1. The van der Waals surface area contributed by atoms with Gasteiger partial charge < -0.3 is 19.9 Å². The summed E-state index contributed by atoms with van der Waals surface area (Å²) in [5.74, 6) is 0.646. The maximum atomic E-state index is 12.5. The summed E-state index contributed by atoms with van der Waals surface area (Å²) in [5.41, 5.74) is 3.09. The number of nitrogens with zero attached hydrogens (tertiary/aromatic N) is 2. The van der Waals surface area contributed by atoms with Crippen LogP contribution in [0.25, 0.3) is 0 Å². The predicted molar refractivity (Wildman–Crippen MR) is 115 cm³/mol. The molecule has 2 aromatic carbocycles. The molecule has 7 nitrogen and oxygen atoms in total. The van der Waals surface area contributed by atoms with E-state index in [9.17, 15) is 14.4 Å². The van der Waals surface area contributed by atoms with Gasteiger partial charge in [0.25, 0.3) is 0 Å². The highest BCUT2D eigenvalue weighted by atomic mass is 16.5. The Bertz CT molecular complexity index is 971. The molecular weight excluding hydrogens is 382 g/mol. The van der Waals surface area contributed by atoms with Gasteiger partial charge in [-0.1, -0.05) is 12.1 Å². The number of methoxy groups -OCH3 is 1. The third kappa shape index (κ3) is 4.15. The van der Waals surface area contributed by atoms with Gasteiger partial charge in [0.15, 0.2) is 0 Å². The molecule has 0 aromatic heterocycles. The first-order chi connectivity index (χ1) is 14.5. The molecule has 1 N–H and O–H groups in total. The molecular formula is C23H25N3O4. The first-order valence-corrected chi connectivity index (χ1v) is 10.2. The van der Waals surface area contributed by atoms with Crippen molar-refractivity contribution in [2.75, 3.05) is 35.3 Å². The first kappa shape index (κ1) is 19.9. The minimum atomic E-state index is -0.146. The quantitative estimate of drug-likeness (QED) is 0.798. The van der Waals surface area contributed by atoms with Crippen LogP contribution in [0.3, 0.4) is 0 Å². The number of carbonyl (C=O) groups excluding carboxylic acids is 3. The van der Waals surface area contributed by atoms with Crippen LogP contribution < -0.4 is 19.9 Å². The fraction of sp³-hybridized carbons (Fsp3) is 0.348. The number of hydrogen-bond donors (Lipinski definition) is 1. The zero-order valence-electron chi connectivity index (χ0n) is 17.0. The van der Waals surface area contributed by atoms with Crippen LogP contribution in [0.15, 0.2) is 42.5 Å². The topological polar surface area (TPSA) is 79.0 Å². The van der Waals surface area contributed by atoms with E-state index in [1.807, 2.05) is 24.3 Å². The Morgan fingerprint density at radius 3 is 2.23 bits per heavy atom. The summed E-state index contributed by atoms with van der Waals surface area (Å²) < 4.78 is 5.44. The largest absolute Gasteiger partial charge is 0.494 e. The second kappa shape index (κ2) is 8.57. The fourth-order valence-electron chi connectivity index (χ4n) is 3.99. The van der Waals surface area contributed by atoms with Crippen LogP contribution >= 0.6 is 0 Å². The van der Waals surface area contributed by atoms with Gasteiger partial charge in [0, 0.05) is 43.4 Å². The summed E-state index contributed by atoms with van der Waals surface area (Å²) in [6.07, 6.45) is 3.09. The molecule has 30 heavy (non-hydrogen) atoms. The number of rotatable bonds is 6. The molecule has 2 saturated heterocycles. The molecule has 0 radical (unpaired) electrons. The van der Waals surface area contributed by atoms with Crippen LogP contribution in [0.4, 0.5) is 17.1 Å². The van der Waals surface area contributed by atoms with Gasteiger partial charge >= 0.3 is 0 Å². The molecule has 2 aliphatic rings. The average molecular weight is 407 g/mol. The molecule has 0 saturated carbocycles. The third-order valence-corrected chi connectivity index (χ3v) is 5.51. The van der Waals surface area contributed by atoms with Crippen LogP contribution in [0.5, 0.6) is 5.75 Å². The van der Waals surface area contributed by atoms with Gasteiger partial charge in [-0.15, -0.1) is 0 Å². The van der Waals surface area contributed by atoms with Crippen molar-refractivity contribution in [2.45, 2.75) is 32.1 Å². The van der Waals surface area contributed by atoms with Crippen LogP contribution in [0, 0.1) is 0 Å². The Morgan fingerprint density at radius 1 is 0.967 bits per heavy atom. The minimum Gasteiger partial charge on any atom is -0.494 e. The summed E-state index contributed by atoms with van der Waals surface area (Å²) in [6.45, 7) is 1.43. The Hall–Kier alpha value is -3.35. The number of hydrogen-bond acceptors (Lipinski definition) is 4. The number of ether oxygens (including phenoxy) is 1. The molecule has 2 heterocycles. The molecule has 0 unspecified atom stereocenters. The van der Waals surface area contributed by atoms with E-state index < -0.39 is 0 Å². The SMILES string of the molecule is COc1cc(NC(=O)Cc2ccc(N3CCCC3=O)cc2)ccc1N1CCCC1=O. The summed E-state index contributed by atoms with van der Waals surface area (Å²) in [6, 6.07) is 12.9. The highest BCUT2D eigenvalue weighted by Crippen LogP contribution is 2.34. The van der Waals surface area contributed by atoms with Crippen molar-refractivity contribution in [2.24, 2.45) is 0 Å². The maximum Gasteiger partial charge on any atom is 0.228 e. The summed E-state index contributed by atoms with van der Waals surface area (Å²) in [7, 11) is 1.55. The minimum absolute atomic E-state index is 0.0872. The van der Waals surface area contributed by atoms with E-state index in [4.69, 9.17) is 4.74 Å². The summed E-state index contributed by atoms with van der Waals surface area (Å²) in [4.78, 5) is 39.8. The first-order valence-electron chi connectivity index (χ1n) is 10.2. The van der Waals surface area contributed by atoms with Crippen molar-refractivity contribution >= 4 is 34.8 Å². The maximum absolute atomic E-state index is 12.5. The van der Waals surface area contributed by atoms with Gasteiger partial charge in [-0.2, -0.15) is 0 Å². The van der Waals surface area contributed by atoms with Crippen molar-refractivity contribution in [1.29, 1.82) is 0 Å². The monoisotopic (exact) mass is 407 g/mol. The number of benzene rings is 2. The zero-order chi connectivity index (χ0) is 21.1. The third-order valence-electron chi connectivity index (χ3n) is 5.51. The number of anilines is 3. The zero-order valence-corrected chi connectivity index (χ0v) is 17.0. The molecule has 0 aliphatic carbocycles. The van der Waals surface area contributed by atoms with Crippen molar-refractivity contribution < 1.29 is 19.1 Å². The highest BCUT2D eigenvalue weighted by molar-refractivity contribution is 5.98. The predicted octanol–water partition coefficient (Wildman–Crippen LogP) is 3.13. The molecule has 2 fully saturated rings. The van der Waals surface area contributed by atoms with Crippen molar-refractivity contribution in [3.8, 4) is 5.75 Å². The fourth-order valence-corrected chi connectivity index (χ4v) is 3.99. The second-order valence-electron chi connectivity index (χ2n) is 7.58. The van der Waals surface area contributed by atoms with Gasteiger partial charge in [0.1, 0.15) is 5.75 Å². The Balaban J connectivity index is 1.40. The van der Waals surface area contributed by atoms with Gasteiger partial charge in [-0.05, 0) is 42.7 Å². The van der Waals surface area contributed by atoms with Crippen LogP contribution in [-0.4, -0.2) is 37.9 Å². The number of carbonyl (C=O) groups is 3. The lowest BCUT2D eigenvalue weighted by Crippen LogP contribution is -2.24. The van der Waals surface area contributed by atoms with E-state index in [0.29, 0.717) is 30.8 Å². The lowest BCUT2D eigenvalue weighted by atomic mass is 10.1. The average Bonchev–Trinajstić information content (AvgIpc) is 3.36. The lowest BCUT2D eigenvalue weighted by molar-refractivity contribution is -0.117. The van der Waals surface area contributed by atoms with Gasteiger partial charge in [-0.25, -0.2) is 0 Å². The van der Waals surface area contributed by atoms with Crippen molar-refractivity contribution in [3.63, 3.8) is 0 Å². The van der Waals surface area contributed by atoms with Gasteiger partial charge in [0.05, 0.1) is 19.2 Å². The molecule has 2 aromatic rings. The normalized spacial score (nSPS) is 16.3. The molecule has 0 spiro atoms. The second-order valence-corrected chi connectivity index (χ2v) is 7.58. The summed E-state index contributed by atoms with van der Waals surface area (Å²) in [5, 5.41) is 2.88. The molecule has 7 heteroatoms. The van der Waals surface area contributed by atoms with Gasteiger partial charge in [-0.3, -0.25) is 14.4 Å². The van der Waals surface area contributed by atoms with Crippen molar-refractivity contribution in [1.82, 2.24) is 0 Å². The van der Waals surface area contributed by atoms with E-state index in [1.54, 1.807) is 35.1 Å². The summed E-state index contributed by atoms with van der Waals surface area (Å²) >= 11 is 0.